The largest absolute Gasteiger partial charge is 0.392 e. The van der Waals surface area contributed by atoms with E-state index in [1.807, 2.05) is 30.3 Å². The average Bonchev–Trinajstić information content (AvgIpc) is 2.50. The molecular formula is C17H22N2O. The van der Waals surface area contributed by atoms with Crippen molar-refractivity contribution in [2.45, 2.75) is 31.3 Å². The fourth-order valence-electron chi connectivity index (χ4n) is 2.49. The molecule has 106 valence electrons. The van der Waals surface area contributed by atoms with Crippen LogP contribution in [0.15, 0.2) is 54.9 Å². The van der Waals surface area contributed by atoms with Crippen LogP contribution in [0.2, 0.25) is 0 Å². The first-order valence-electron chi connectivity index (χ1n) is 7.13. The van der Waals surface area contributed by atoms with E-state index in [4.69, 9.17) is 5.73 Å². The Morgan fingerprint density at radius 2 is 1.75 bits per heavy atom. The number of nitrogens with two attached hydrogens (primary N) is 1. The Labute approximate surface area is 120 Å². The van der Waals surface area contributed by atoms with Crippen LogP contribution in [0.3, 0.4) is 0 Å². The van der Waals surface area contributed by atoms with Gasteiger partial charge in [0.05, 0.1) is 6.10 Å². The highest BCUT2D eigenvalue weighted by Gasteiger charge is 2.19. The van der Waals surface area contributed by atoms with E-state index < -0.39 is 6.10 Å². The second-order valence-electron chi connectivity index (χ2n) is 5.07. The quantitative estimate of drug-likeness (QED) is 0.812. The summed E-state index contributed by atoms with van der Waals surface area (Å²) in [5.41, 5.74) is 8.19. The van der Waals surface area contributed by atoms with Gasteiger partial charge in [0.2, 0.25) is 0 Å². The summed E-state index contributed by atoms with van der Waals surface area (Å²) in [6, 6.07) is 14.2. The Morgan fingerprint density at radius 3 is 2.40 bits per heavy atom. The number of hydrogen-bond acceptors (Lipinski definition) is 3. The molecule has 0 radical (unpaired) electrons. The average molecular weight is 270 g/mol. The number of pyridine rings is 1. The van der Waals surface area contributed by atoms with Gasteiger partial charge in [0.25, 0.3) is 0 Å². The van der Waals surface area contributed by atoms with Crippen molar-refractivity contribution in [1.82, 2.24) is 4.98 Å². The highest BCUT2D eigenvalue weighted by molar-refractivity contribution is 5.18. The summed E-state index contributed by atoms with van der Waals surface area (Å²) in [5, 5.41) is 10.3. The lowest BCUT2D eigenvalue weighted by atomic mass is 9.90. The molecule has 3 N–H and O–H groups in total. The van der Waals surface area contributed by atoms with Crippen molar-refractivity contribution in [3.63, 3.8) is 0 Å². The number of aromatic nitrogens is 1. The van der Waals surface area contributed by atoms with E-state index in [1.165, 1.54) is 5.56 Å². The molecule has 0 saturated heterocycles. The first-order valence-corrected chi connectivity index (χ1v) is 7.13. The van der Waals surface area contributed by atoms with Crippen LogP contribution in [0.25, 0.3) is 0 Å². The molecule has 2 rings (SSSR count). The van der Waals surface area contributed by atoms with Crippen LogP contribution in [0.5, 0.6) is 0 Å². The predicted octanol–water partition coefficient (Wildman–Crippen LogP) is 2.51. The summed E-state index contributed by atoms with van der Waals surface area (Å²) in [6.07, 6.45) is 5.81. The Morgan fingerprint density at radius 1 is 1.05 bits per heavy atom. The standard InChI is InChI=1S/C17H22N2O/c18-13-16(15-9-11-19-12-10-15)17(20)8-4-7-14-5-2-1-3-6-14/h1-3,5-6,9-12,16-17,20H,4,7-8,13,18H2. The van der Waals surface area contributed by atoms with Crippen molar-refractivity contribution in [3.8, 4) is 0 Å². The third-order valence-electron chi connectivity index (χ3n) is 3.66. The van der Waals surface area contributed by atoms with E-state index >= 15 is 0 Å². The lowest BCUT2D eigenvalue weighted by Crippen LogP contribution is -2.26. The lowest BCUT2D eigenvalue weighted by molar-refractivity contribution is 0.133. The van der Waals surface area contributed by atoms with Crippen LogP contribution >= 0.6 is 0 Å². The second-order valence-corrected chi connectivity index (χ2v) is 5.07. The molecule has 0 aliphatic rings. The molecular weight excluding hydrogens is 248 g/mol. The van der Waals surface area contributed by atoms with E-state index in [0.717, 1.165) is 24.8 Å². The molecule has 1 aromatic heterocycles. The van der Waals surface area contributed by atoms with Crippen molar-refractivity contribution in [1.29, 1.82) is 0 Å². The Bertz CT molecular complexity index is 487. The maximum Gasteiger partial charge on any atom is 0.0621 e. The third-order valence-corrected chi connectivity index (χ3v) is 3.66. The Balaban J connectivity index is 1.85. The molecule has 0 fully saturated rings. The van der Waals surface area contributed by atoms with Gasteiger partial charge in [0.15, 0.2) is 0 Å². The monoisotopic (exact) mass is 270 g/mol. The molecule has 0 saturated carbocycles. The zero-order valence-electron chi connectivity index (χ0n) is 11.7. The molecule has 0 aliphatic heterocycles. The van der Waals surface area contributed by atoms with Gasteiger partial charge in [-0.25, -0.2) is 0 Å². The predicted molar refractivity (Wildman–Crippen MR) is 81.4 cm³/mol. The molecule has 3 heteroatoms. The summed E-state index contributed by atoms with van der Waals surface area (Å²) in [5.74, 6) is -0.00577. The maximum atomic E-state index is 10.3. The number of aliphatic hydroxyl groups is 1. The molecule has 20 heavy (non-hydrogen) atoms. The second kappa shape index (κ2) is 7.78. The fourth-order valence-corrected chi connectivity index (χ4v) is 2.49. The molecule has 0 spiro atoms. The zero-order valence-corrected chi connectivity index (χ0v) is 11.7. The van der Waals surface area contributed by atoms with Crippen LogP contribution in [0.4, 0.5) is 0 Å². The molecule has 1 aromatic carbocycles. The van der Waals surface area contributed by atoms with Crippen LogP contribution in [-0.2, 0) is 6.42 Å². The number of benzene rings is 1. The normalized spacial score (nSPS) is 13.9. The first-order chi connectivity index (χ1) is 9.81. The van der Waals surface area contributed by atoms with Crippen molar-refractivity contribution in [2.75, 3.05) is 6.54 Å². The number of hydrogen-bond donors (Lipinski definition) is 2. The van der Waals surface area contributed by atoms with Crippen LogP contribution in [0, 0.1) is 0 Å². The molecule has 2 atom stereocenters. The van der Waals surface area contributed by atoms with Crippen molar-refractivity contribution < 1.29 is 5.11 Å². The van der Waals surface area contributed by atoms with E-state index in [0.29, 0.717) is 6.54 Å². The minimum absolute atomic E-state index is 0.00577. The van der Waals surface area contributed by atoms with E-state index in [-0.39, 0.29) is 5.92 Å². The molecule has 0 aliphatic carbocycles. The molecule has 3 nitrogen and oxygen atoms in total. The van der Waals surface area contributed by atoms with Crippen LogP contribution in [-0.4, -0.2) is 22.7 Å². The minimum Gasteiger partial charge on any atom is -0.392 e. The fraction of sp³-hybridized carbons (Fsp3) is 0.353. The van der Waals surface area contributed by atoms with Crippen LogP contribution in [0.1, 0.15) is 29.9 Å². The van der Waals surface area contributed by atoms with E-state index in [9.17, 15) is 5.11 Å². The highest BCUT2D eigenvalue weighted by Crippen LogP contribution is 2.21. The molecule has 2 unspecified atom stereocenters. The lowest BCUT2D eigenvalue weighted by Gasteiger charge is -2.21. The van der Waals surface area contributed by atoms with Gasteiger partial charge in [-0.15, -0.1) is 0 Å². The number of nitrogens with zero attached hydrogens (tertiary/aromatic N) is 1. The van der Waals surface area contributed by atoms with Crippen molar-refractivity contribution in [3.05, 3.63) is 66.0 Å². The molecule has 2 aromatic rings. The smallest absolute Gasteiger partial charge is 0.0621 e. The molecule has 0 bridgehead atoms. The van der Waals surface area contributed by atoms with Crippen molar-refractivity contribution in [2.24, 2.45) is 5.73 Å². The summed E-state index contributed by atoms with van der Waals surface area (Å²) < 4.78 is 0. The summed E-state index contributed by atoms with van der Waals surface area (Å²) in [6.45, 7) is 0.455. The van der Waals surface area contributed by atoms with Crippen molar-refractivity contribution >= 4 is 0 Å². The van der Waals surface area contributed by atoms with E-state index in [1.54, 1.807) is 12.4 Å². The number of aliphatic hydroxyl groups excluding tert-OH is 1. The highest BCUT2D eigenvalue weighted by atomic mass is 16.3. The summed E-state index contributed by atoms with van der Waals surface area (Å²) in [7, 11) is 0. The first kappa shape index (κ1) is 14.7. The number of aryl methyl sites for hydroxylation is 1. The summed E-state index contributed by atoms with van der Waals surface area (Å²) >= 11 is 0. The van der Waals surface area contributed by atoms with Gasteiger partial charge in [0, 0.05) is 24.9 Å². The van der Waals surface area contributed by atoms with Gasteiger partial charge < -0.3 is 10.8 Å². The van der Waals surface area contributed by atoms with Gasteiger partial charge in [0.1, 0.15) is 0 Å². The topological polar surface area (TPSA) is 59.1 Å². The summed E-state index contributed by atoms with van der Waals surface area (Å²) in [4.78, 5) is 4.00. The Hall–Kier alpha value is -1.71. The van der Waals surface area contributed by atoms with Gasteiger partial charge >= 0.3 is 0 Å². The van der Waals surface area contributed by atoms with E-state index in [2.05, 4.69) is 17.1 Å². The molecule has 1 heterocycles. The van der Waals surface area contributed by atoms with Gasteiger partial charge in [-0.3, -0.25) is 4.98 Å². The molecule has 0 amide bonds. The van der Waals surface area contributed by atoms with Gasteiger partial charge in [-0.05, 0) is 42.5 Å². The minimum atomic E-state index is -0.397. The third kappa shape index (κ3) is 4.15. The number of rotatable bonds is 7. The van der Waals surface area contributed by atoms with Gasteiger partial charge in [-0.1, -0.05) is 30.3 Å². The van der Waals surface area contributed by atoms with Crippen LogP contribution < -0.4 is 5.73 Å². The maximum absolute atomic E-state index is 10.3. The SMILES string of the molecule is NCC(c1ccncc1)C(O)CCCc1ccccc1. The zero-order chi connectivity index (χ0) is 14.2. The Kier molecular flexibility index (Phi) is 5.71. The van der Waals surface area contributed by atoms with Gasteiger partial charge in [-0.2, -0.15) is 0 Å².